The van der Waals surface area contributed by atoms with Crippen molar-refractivity contribution in [2.24, 2.45) is 0 Å². The highest BCUT2D eigenvalue weighted by molar-refractivity contribution is 5.96. The lowest BCUT2D eigenvalue weighted by Crippen LogP contribution is -2.30. The minimum atomic E-state index is -0.588. The van der Waals surface area contributed by atoms with Crippen LogP contribution in [-0.2, 0) is 19.1 Å². The third-order valence-corrected chi connectivity index (χ3v) is 2.37. The molecule has 1 amide bonds. The van der Waals surface area contributed by atoms with Gasteiger partial charge in [-0.1, -0.05) is 0 Å². The Morgan fingerprint density at radius 2 is 1.76 bits per heavy atom. The van der Waals surface area contributed by atoms with E-state index in [1.54, 1.807) is 11.8 Å². The van der Waals surface area contributed by atoms with Crippen LogP contribution >= 0.6 is 0 Å². The fraction of sp³-hybridized carbons (Fsp3) is 0.727. The third kappa shape index (κ3) is 4.84. The van der Waals surface area contributed by atoms with Gasteiger partial charge in [-0.15, -0.1) is 0 Å². The van der Waals surface area contributed by atoms with Crippen LogP contribution in [-0.4, -0.2) is 49.0 Å². The number of ether oxygens (including phenoxy) is 2. The second kappa shape index (κ2) is 6.88. The van der Waals surface area contributed by atoms with Crippen LogP contribution in [0.5, 0.6) is 0 Å². The number of rotatable bonds is 5. The Balaban J connectivity index is 2.18. The Labute approximate surface area is 99.9 Å². The Morgan fingerprint density at radius 1 is 1.12 bits per heavy atom. The number of hydrogen-bond donors (Lipinski definition) is 0. The summed E-state index contributed by atoms with van der Waals surface area (Å²) in [5.74, 6) is -1.04. The molecule has 0 aromatic heterocycles. The van der Waals surface area contributed by atoms with Crippen molar-refractivity contribution in [2.75, 3.05) is 26.3 Å². The molecule has 1 aliphatic heterocycles. The van der Waals surface area contributed by atoms with Crippen LogP contribution in [0.3, 0.4) is 0 Å². The molecule has 0 aromatic carbocycles. The average molecular weight is 243 g/mol. The fourth-order valence-electron chi connectivity index (χ4n) is 1.56. The van der Waals surface area contributed by atoms with Crippen molar-refractivity contribution < 1.29 is 23.9 Å². The molecular weight excluding hydrogens is 226 g/mol. The normalized spacial score (nSPS) is 14.5. The highest BCUT2D eigenvalue weighted by Gasteiger charge is 2.20. The summed E-state index contributed by atoms with van der Waals surface area (Å²) in [7, 11) is 0. The van der Waals surface area contributed by atoms with Crippen molar-refractivity contribution in [1.29, 1.82) is 0 Å². The molecule has 0 bridgehead atoms. The number of hydrogen-bond acceptors (Lipinski definition) is 5. The lowest BCUT2D eigenvalue weighted by Gasteiger charge is -2.14. The summed E-state index contributed by atoms with van der Waals surface area (Å²) in [6.07, 6.45) is 1.10. The van der Waals surface area contributed by atoms with Gasteiger partial charge in [-0.3, -0.25) is 9.59 Å². The smallest absolute Gasteiger partial charge is 0.410 e. The minimum Gasteiger partial charge on any atom is -0.466 e. The molecule has 0 aromatic rings. The van der Waals surface area contributed by atoms with Crippen LogP contribution in [0.2, 0.25) is 0 Å². The van der Waals surface area contributed by atoms with Crippen molar-refractivity contribution in [3.8, 4) is 0 Å². The highest BCUT2D eigenvalue weighted by Crippen LogP contribution is 2.08. The summed E-state index contributed by atoms with van der Waals surface area (Å²) in [4.78, 5) is 35.2. The first kappa shape index (κ1) is 13.5. The Bertz CT molecular complexity index is 296. The maximum absolute atomic E-state index is 11.4. The molecule has 0 aliphatic carbocycles. The van der Waals surface area contributed by atoms with Crippen molar-refractivity contribution >= 4 is 17.8 Å². The summed E-state index contributed by atoms with van der Waals surface area (Å²) in [6, 6.07) is 0. The molecule has 1 fully saturated rings. The van der Waals surface area contributed by atoms with E-state index in [4.69, 9.17) is 4.74 Å². The molecule has 0 atom stereocenters. The van der Waals surface area contributed by atoms with Gasteiger partial charge < -0.3 is 14.4 Å². The number of amides is 1. The summed E-state index contributed by atoms with van der Waals surface area (Å²) in [6.45, 7) is 2.87. The van der Waals surface area contributed by atoms with Gasteiger partial charge in [-0.25, -0.2) is 4.79 Å². The van der Waals surface area contributed by atoms with Gasteiger partial charge in [0.2, 0.25) is 0 Å². The molecule has 0 N–H and O–H groups in total. The number of ketones is 1. The average Bonchev–Trinajstić information content (AvgIpc) is 2.79. The molecule has 1 saturated heterocycles. The zero-order valence-electron chi connectivity index (χ0n) is 9.94. The monoisotopic (exact) mass is 243 g/mol. The number of likely N-dealkylation sites (tertiary alicyclic amines) is 1. The van der Waals surface area contributed by atoms with E-state index in [0.29, 0.717) is 13.1 Å². The SMILES string of the molecule is CCOC(=O)CC(=O)COC(=O)N1CCCC1. The number of nitrogens with zero attached hydrogens (tertiary/aromatic N) is 1. The van der Waals surface area contributed by atoms with Crippen LogP contribution in [0.15, 0.2) is 0 Å². The van der Waals surface area contributed by atoms with Gasteiger partial charge in [0.25, 0.3) is 0 Å². The third-order valence-electron chi connectivity index (χ3n) is 2.37. The number of carbonyl (C=O) groups excluding carboxylic acids is 3. The molecule has 0 spiro atoms. The predicted molar refractivity (Wildman–Crippen MR) is 58.4 cm³/mol. The highest BCUT2D eigenvalue weighted by atomic mass is 16.6. The second-order valence-corrected chi connectivity index (χ2v) is 3.77. The van der Waals surface area contributed by atoms with Crippen molar-refractivity contribution in [2.45, 2.75) is 26.2 Å². The van der Waals surface area contributed by atoms with Crippen LogP contribution in [0, 0.1) is 0 Å². The zero-order chi connectivity index (χ0) is 12.7. The summed E-state index contributed by atoms with van der Waals surface area (Å²) in [5.41, 5.74) is 0. The molecule has 17 heavy (non-hydrogen) atoms. The lowest BCUT2D eigenvalue weighted by atomic mass is 10.3. The van der Waals surface area contributed by atoms with Crippen LogP contribution in [0.1, 0.15) is 26.2 Å². The predicted octanol–water partition coefficient (Wildman–Crippen LogP) is 0.741. The summed E-state index contributed by atoms with van der Waals surface area (Å²) < 4.78 is 9.40. The quantitative estimate of drug-likeness (QED) is 0.526. The molecule has 0 unspecified atom stereocenters. The molecule has 96 valence electrons. The molecule has 1 heterocycles. The van der Waals surface area contributed by atoms with E-state index < -0.39 is 17.8 Å². The van der Waals surface area contributed by atoms with Gasteiger partial charge in [-0.2, -0.15) is 0 Å². The van der Waals surface area contributed by atoms with Gasteiger partial charge in [0.1, 0.15) is 6.42 Å². The summed E-state index contributed by atoms with van der Waals surface area (Å²) >= 11 is 0. The van der Waals surface area contributed by atoms with Gasteiger partial charge >= 0.3 is 12.1 Å². The maximum atomic E-state index is 11.4. The van der Waals surface area contributed by atoms with E-state index in [-0.39, 0.29) is 19.6 Å². The van der Waals surface area contributed by atoms with E-state index >= 15 is 0 Å². The largest absolute Gasteiger partial charge is 0.466 e. The lowest BCUT2D eigenvalue weighted by molar-refractivity contribution is -0.146. The van der Waals surface area contributed by atoms with E-state index in [1.165, 1.54) is 0 Å². The first-order chi connectivity index (χ1) is 8.13. The van der Waals surface area contributed by atoms with Crippen molar-refractivity contribution in [3.63, 3.8) is 0 Å². The van der Waals surface area contributed by atoms with E-state index in [0.717, 1.165) is 12.8 Å². The summed E-state index contributed by atoms with van der Waals surface area (Å²) in [5, 5.41) is 0. The molecule has 0 saturated carbocycles. The Kier molecular flexibility index (Phi) is 5.45. The topological polar surface area (TPSA) is 72.9 Å². The molecular formula is C11H17NO5. The Hall–Kier alpha value is -1.59. The maximum Gasteiger partial charge on any atom is 0.410 e. The Morgan fingerprint density at radius 3 is 2.35 bits per heavy atom. The van der Waals surface area contributed by atoms with E-state index in [1.807, 2.05) is 0 Å². The molecule has 0 radical (unpaired) electrons. The van der Waals surface area contributed by atoms with Crippen molar-refractivity contribution in [3.05, 3.63) is 0 Å². The van der Waals surface area contributed by atoms with E-state index in [2.05, 4.69) is 4.74 Å². The van der Waals surface area contributed by atoms with E-state index in [9.17, 15) is 14.4 Å². The minimum absolute atomic E-state index is 0.236. The van der Waals surface area contributed by atoms with Gasteiger partial charge in [-0.05, 0) is 19.8 Å². The second-order valence-electron chi connectivity index (χ2n) is 3.77. The van der Waals surface area contributed by atoms with Gasteiger partial charge in [0.15, 0.2) is 12.4 Å². The number of Topliss-reactive ketones (excluding diaryl/α,β-unsaturated/α-hetero) is 1. The standard InChI is InChI=1S/C11H17NO5/c1-2-16-10(14)7-9(13)8-17-11(15)12-5-3-4-6-12/h2-8H2,1H3. The van der Waals surface area contributed by atoms with Crippen LogP contribution in [0.4, 0.5) is 4.79 Å². The molecule has 6 nitrogen and oxygen atoms in total. The molecule has 1 rings (SSSR count). The first-order valence-electron chi connectivity index (χ1n) is 5.72. The number of esters is 1. The van der Waals surface area contributed by atoms with Crippen LogP contribution < -0.4 is 0 Å². The fourth-order valence-corrected chi connectivity index (χ4v) is 1.56. The van der Waals surface area contributed by atoms with Crippen molar-refractivity contribution in [1.82, 2.24) is 4.90 Å². The zero-order valence-corrected chi connectivity index (χ0v) is 9.94. The van der Waals surface area contributed by atoms with Crippen LogP contribution in [0.25, 0.3) is 0 Å². The van der Waals surface area contributed by atoms with Gasteiger partial charge in [0, 0.05) is 13.1 Å². The number of carbonyl (C=O) groups is 3. The first-order valence-corrected chi connectivity index (χ1v) is 5.72. The van der Waals surface area contributed by atoms with Gasteiger partial charge in [0.05, 0.1) is 6.61 Å². The molecule has 6 heteroatoms. The molecule has 1 aliphatic rings.